The minimum Gasteiger partial charge on any atom is -0.496 e. The van der Waals surface area contributed by atoms with Gasteiger partial charge in [0.2, 0.25) is 0 Å². The molecule has 1 aliphatic rings. The molecule has 4 rings (SSSR count). The van der Waals surface area contributed by atoms with Gasteiger partial charge in [0.05, 0.1) is 26.4 Å². The zero-order chi connectivity index (χ0) is 18.6. The predicted molar refractivity (Wildman–Crippen MR) is 107 cm³/mol. The SMILES string of the molecule is COc1cccc(OC)c1-c1ccc(OC2CCCCO2)c2ccccc12. The highest BCUT2D eigenvalue weighted by Crippen LogP contribution is 2.43. The first-order valence-corrected chi connectivity index (χ1v) is 9.33. The predicted octanol–water partition coefficient (Wildman–Crippen LogP) is 5.43. The van der Waals surface area contributed by atoms with Crippen LogP contribution in [0.25, 0.3) is 21.9 Å². The van der Waals surface area contributed by atoms with Gasteiger partial charge in [0.15, 0.2) is 6.29 Å². The van der Waals surface area contributed by atoms with E-state index < -0.39 is 0 Å². The van der Waals surface area contributed by atoms with Crippen molar-refractivity contribution in [3.8, 4) is 28.4 Å². The van der Waals surface area contributed by atoms with E-state index in [1.807, 2.05) is 36.4 Å². The Balaban J connectivity index is 1.84. The number of hydrogen-bond donors (Lipinski definition) is 0. The van der Waals surface area contributed by atoms with Gasteiger partial charge in [-0.05, 0) is 48.1 Å². The first kappa shape index (κ1) is 17.7. The molecule has 1 aliphatic heterocycles. The average Bonchev–Trinajstić information content (AvgIpc) is 2.74. The summed E-state index contributed by atoms with van der Waals surface area (Å²) in [6.45, 7) is 0.763. The van der Waals surface area contributed by atoms with E-state index in [-0.39, 0.29) is 6.29 Å². The largest absolute Gasteiger partial charge is 0.496 e. The lowest BCUT2D eigenvalue weighted by Crippen LogP contribution is -2.25. The fraction of sp³-hybridized carbons (Fsp3) is 0.304. The maximum atomic E-state index is 6.19. The molecule has 1 unspecified atom stereocenters. The van der Waals surface area contributed by atoms with E-state index in [9.17, 15) is 0 Å². The van der Waals surface area contributed by atoms with E-state index in [2.05, 4.69) is 18.2 Å². The minimum absolute atomic E-state index is 0.172. The van der Waals surface area contributed by atoms with E-state index in [1.54, 1.807) is 14.2 Å². The second-order valence-corrected chi connectivity index (χ2v) is 6.61. The summed E-state index contributed by atoms with van der Waals surface area (Å²) in [5.74, 6) is 2.41. The van der Waals surface area contributed by atoms with Gasteiger partial charge >= 0.3 is 0 Å². The maximum absolute atomic E-state index is 6.19. The Morgan fingerprint density at radius 1 is 0.778 bits per heavy atom. The third kappa shape index (κ3) is 3.45. The number of ether oxygens (including phenoxy) is 4. The normalized spacial score (nSPS) is 16.9. The Morgan fingerprint density at radius 3 is 2.19 bits per heavy atom. The van der Waals surface area contributed by atoms with E-state index in [4.69, 9.17) is 18.9 Å². The molecule has 0 spiro atoms. The van der Waals surface area contributed by atoms with Crippen molar-refractivity contribution in [2.45, 2.75) is 25.6 Å². The fourth-order valence-corrected chi connectivity index (χ4v) is 3.65. The van der Waals surface area contributed by atoms with E-state index >= 15 is 0 Å². The van der Waals surface area contributed by atoms with Gasteiger partial charge in [-0.1, -0.05) is 30.3 Å². The van der Waals surface area contributed by atoms with Crippen molar-refractivity contribution in [1.29, 1.82) is 0 Å². The molecule has 0 bridgehead atoms. The van der Waals surface area contributed by atoms with E-state index in [0.717, 1.165) is 65.0 Å². The number of benzene rings is 3. The Morgan fingerprint density at radius 2 is 1.52 bits per heavy atom. The van der Waals surface area contributed by atoms with Gasteiger partial charge in [-0.3, -0.25) is 0 Å². The molecule has 0 aliphatic carbocycles. The van der Waals surface area contributed by atoms with Gasteiger partial charge < -0.3 is 18.9 Å². The van der Waals surface area contributed by atoms with E-state index in [1.165, 1.54) is 0 Å². The van der Waals surface area contributed by atoms with Gasteiger partial charge in [-0.25, -0.2) is 0 Å². The van der Waals surface area contributed by atoms with Crippen molar-refractivity contribution in [2.24, 2.45) is 0 Å². The molecule has 0 radical (unpaired) electrons. The summed E-state index contributed by atoms with van der Waals surface area (Å²) >= 11 is 0. The standard InChI is InChI=1S/C23H24O4/c1-24-20-10-7-11-21(25-2)23(20)18-13-14-19(17-9-4-3-8-16(17)18)27-22-12-5-6-15-26-22/h3-4,7-11,13-14,22H,5-6,12,15H2,1-2H3. The van der Waals surface area contributed by atoms with Crippen LogP contribution in [-0.4, -0.2) is 27.1 Å². The molecule has 0 saturated carbocycles. The number of fused-ring (bicyclic) bond motifs is 1. The molecule has 27 heavy (non-hydrogen) atoms. The number of hydrogen-bond acceptors (Lipinski definition) is 4. The molecule has 4 heteroatoms. The highest BCUT2D eigenvalue weighted by atomic mass is 16.7. The molecular formula is C23H24O4. The van der Waals surface area contributed by atoms with Crippen LogP contribution in [0, 0.1) is 0 Å². The summed E-state index contributed by atoms with van der Waals surface area (Å²) in [5, 5.41) is 2.14. The third-order valence-electron chi connectivity index (χ3n) is 4.98. The molecule has 0 N–H and O–H groups in total. The molecule has 0 amide bonds. The van der Waals surface area contributed by atoms with Crippen LogP contribution in [0.4, 0.5) is 0 Å². The highest BCUT2D eigenvalue weighted by Gasteiger charge is 2.19. The van der Waals surface area contributed by atoms with Gasteiger partial charge in [0.25, 0.3) is 0 Å². The summed E-state index contributed by atoms with van der Waals surface area (Å²) < 4.78 is 23.2. The summed E-state index contributed by atoms with van der Waals surface area (Å²) in [7, 11) is 3.36. The third-order valence-corrected chi connectivity index (χ3v) is 4.98. The molecule has 0 aromatic heterocycles. The van der Waals surface area contributed by atoms with Gasteiger partial charge in [-0.2, -0.15) is 0 Å². The summed E-state index contributed by atoms with van der Waals surface area (Å²) in [5.41, 5.74) is 2.00. The summed E-state index contributed by atoms with van der Waals surface area (Å²) in [6.07, 6.45) is 3.00. The average molecular weight is 364 g/mol. The molecule has 1 heterocycles. The monoisotopic (exact) mass is 364 g/mol. The second-order valence-electron chi connectivity index (χ2n) is 6.61. The first-order valence-electron chi connectivity index (χ1n) is 9.33. The van der Waals surface area contributed by atoms with Crippen molar-refractivity contribution in [3.63, 3.8) is 0 Å². The highest BCUT2D eigenvalue weighted by molar-refractivity contribution is 6.02. The lowest BCUT2D eigenvalue weighted by molar-refractivity contribution is -0.105. The molecule has 3 aromatic carbocycles. The molecule has 4 nitrogen and oxygen atoms in total. The smallest absolute Gasteiger partial charge is 0.199 e. The first-order chi connectivity index (χ1) is 13.3. The lowest BCUT2D eigenvalue weighted by Gasteiger charge is -2.24. The van der Waals surface area contributed by atoms with Crippen LogP contribution in [0.2, 0.25) is 0 Å². The van der Waals surface area contributed by atoms with Gasteiger partial charge in [0, 0.05) is 11.8 Å². The van der Waals surface area contributed by atoms with Crippen LogP contribution in [0.15, 0.2) is 54.6 Å². The summed E-state index contributed by atoms with van der Waals surface area (Å²) in [4.78, 5) is 0. The lowest BCUT2D eigenvalue weighted by atomic mass is 9.96. The van der Waals surface area contributed by atoms with Crippen LogP contribution < -0.4 is 14.2 Å². The van der Waals surface area contributed by atoms with E-state index in [0.29, 0.717) is 0 Å². The van der Waals surface area contributed by atoms with Crippen LogP contribution >= 0.6 is 0 Å². The Bertz CT molecular complexity index is 907. The van der Waals surface area contributed by atoms with Crippen molar-refractivity contribution in [1.82, 2.24) is 0 Å². The molecule has 1 atom stereocenters. The molecule has 1 saturated heterocycles. The molecule has 140 valence electrons. The van der Waals surface area contributed by atoms with Crippen molar-refractivity contribution < 1.29 is 18.9 Å². The zero-order valence-corrected chi connectivity index (χ0v) is 15.7. The summed E-state index contributed by atoms with van der Waals surface area (Å²) in [6, 6.07) is 18.2. The van der Waals surface area contributed by atoms with Crippen LogP contribution in [0.1, 0.15) is 19.3 Å². The minimum atomic E-state index is -0.172. The Hall–Kier alpha value is -2.72. The Labute approximate surface area is 159 Å². The van der Waals surface area contributed by atoms with Crippen molar-refractivity contribution >= 4 is 10.8 Å². The molecule has 3 aromatic rings. The second kappa shape index (κ2) is 7.89. The van der Waals surface area contributed by atoms with Gasteiger partial charge in [-0.15, -0.1) is 0 Å². The van der Waals surface area contributed by atoms with Crippen LogP contribution in [0.3, 0.4) is 0 Å². The zero-order valence-electron chi connectivity index (χ0n) is 15.7. The topological polar surface area (TPSA) is 36.9 Å². The molecular weight excluding hydrogens is 340 g/mol. The number of methoxy groups -OCH3 is 2. The van der Waals surface area contributed by atoms with Crippen molar-refractivity contribution in [2.75, 3.05) is 20.8 Å². The Kier molecular flexibility index (Phi) is 5.16. The van der Waals surface area contributed by atoms with Gasteiger partial charge in [0.1, 0.15) is 17.2 Å². The quantitative estimate of drug-likeness (QED) is 0.605. The number of rotatable bonds is 5. The fourth-order valence-electron chi connectivity index (χ4n) is 3.65. The van der Waals surface area contributed by atoms with Crippen molar-refractivity contribution in [3.05, 3.63) is 54.6 Å². The molecule has 1 fully saturated rings. The maximum Gasteiger partial charge on any atom is 0.199 e. The van der Waals surface area contributed by atoms with Crippen LogP contribution in [0.5, 0.6) is 17.2 Å². The van der Waals surface area contributed by atoms with Crippen LogP contribution in [-0.2, 0) is 4.74 Å².